The molecule has 0 spiro atoms. The van der Waals surface area contributed by atoms with Gasteiger partial charge in [0.2, 0.25) is 0 Å². The van der Waals surface area contributed by atoms with E-state index in [4.69, 9.17) is 40.3 Å². The maximum absolute atomic E-state index is 12.8. The van der Waals surface area contributed by atoms with Crippen molar-refractivity contribution in [2.75, 3.05) is 64.2 Å². The Morgan fingerprint density at radius 1 is 0.630 bits per heavy atom. The van der Waals surface area contributed by atoms with Crippen molar-refractivity contribution in [2.24, 2.45) is 5.73 Å². The van der Waals surface area contributed by atoms with E-state index in [1.165, 1.54) is 44.9 Å². The number of fused-ring (bicyclic) bond motifs is 6. The number of nitrogen functional groups attached to an aromatic ring is 1. The number of carboxylic acids is 1. The van der Waals surface area contributed by atoms with Crippen LogP contribution in [0.3, 0.4) is 0 Å². The van der Waals surface area contributed by atoms with E-state index in [0.29, 0.717) is 51.5 Å². The Balaban J connectivity index is 0.000000181. The number of aromatic carboxylic acids is 1. The number of rotatable bonds is 16. The molecule has 92 heavy (non-hydrogen) atoms. The largest absolute Gasteiger partial charge is 0.497 e. The summed E-state index contributed by atoms with van der Waals surface area (Å²) in [4.78, 5) is 73.4. The number of aromatic nitrogens is 4. The fourth-order valence-electron chi connectivity index (χ4n) is 8.57. The summed E-state index contributed by atoms with van der Waals surface area (Å²) in [5.74, 6) is 0.561. The van der Waals surface area contributed by atoms with E-state index < -0.39 is 23.3 Å². The lowest BCUT2D eigenvalue weighted by molar-refractivity contribution is -0.112. The van der Waals surface area contributed by atoms with Crippen LogP contribution in [0.2, 0.25) is 0 Å². The lowest BCUT2D eigenvalue weighted by Crippen LogP contribution is -2.33. The molecular weight excluding hydrogens is 1230 g/mol. The van der Waals surface area contributed by atoms with Gasteiger partial charge in [-0.15, -0.1) is 12.6 Å². The molecule has 4 heterocycles. The number of carbonyl (C=O) groups is 5. The molecule has 10 rings (SSSR count). The number of carbonyl (C=O) groups excluding carboxylic acids is 4. The molecule has 4 aromatic heterocycles. The van der Waals surface area contributed by atoms with Crippen molar-refractivity contribution in [3.63, 3.8) is 0 Å². The maximum Gasteiger partial charge on any atom is 0.410 e. The third-order valence-electron chi connectivity index (χ3n) is 12.9. The molecule has 23 nitrogen and oxygen atoms in total. The molecule has 0 aliphatic rings. The van der Waals surface area contributed by atoms with Gasteiger partial charge in [0.1, 0.15) is 39.8 Å². The van der Waals surface area contributed by atoms with Gasteiger partial charge >= 0.3 is 18.2 Å². The van der Waals surface area contributed by atoms with Crippen LogP contribution in [-0.4, -0.2) is 117 Å². The van der Waals surface area contributed by atoms with Gasteiger partial charge in [0, 0.05) is 74.3 Å². The Morgan fingerprint density at radius 3 is 1.60 bits per heavy atom. The van der Waals surface area contributed by atoms with E-state index in [1.807, 2.05) is 156 Å². The van der Waals surface area contributed by atoms with Gasteiger partial charge in [-0.25, -0.2) is 24.4 Å². The molecule has 0 aliphatic heterocycles. The minimum Gasteiger partial charge on any atom is -0.497 e. The smallest absolute Gasteiger partial charge is 0.410 e. The summed E-state index contributed by atoms with van der Waals surface area (Å²) in [6.45, 7) is 12.6. The number of imidazole rings is 2. The summed E-state index contributed by atoms with van der Waals surface area (Å²) in [5.41, 5.74) is 18.5. The van der Waals surface area contributed by atoms with Gasteiger partial charge < -0.3 is 71.3 Å². The zero-order valence-corrected chi connectivity index (χ0v) is 55.6. The maximum atomic E-state index is 12.8. The molecule has 0 fully saturated rings. The number of methoxy groups -OCH3 is 3. The quantitative estimate of drug-likeness (QED) is 0.0253. The fourth-order valence-corrected chi connectivity index (χ4v) is 10.9. The number of nitrogens with zero attached hydrogens (tertiary/aromatic N) is 6. The van der Waals surface area contributed by atoms with Gasteiger partial charge in [-0.3, -0.25) is 18.4 Å². The van der Waals surface area contributed by atoms with Crippen LogP contribution in [0.4, 0.5) is 32.3 Å². The standard InChI is InChI=1S/C24H26N4O4S.C18H22N4O2S.C13H20N2O2.C11H8N2O3S/c1-24(2,3)32-23(30)27(4)13-15-7-6-8-16(11-15)25-21(29)18-14-28-19-10-9-17(31-5)12-20(19)33-22(28)26-18;1-20-10-12-4-3-5-13(8-12)22-18(23)15(19)11-21-16-7-6-14(24-2)9-17(16)25;1-13(2,3)17-12(16)15(4)9-10-6-5-7-11(14)8-10;1-16-6-2-3-8-9(4-6)17-11-12-7(10(14)15)5-13(8)11/h6-12,14H,13H2,1-5H3,(H,25,29);3-9,11,20-21,25H,10,19H2,1-2H3,(H,22,23);5-8H,9,14H2,1-4H3;2-5H,1H3,(H,14,15)/b;15-11-;;. The van der Waals surface area contributed by atoms with Crippen molar-refractivity contribution >= 4 is 118 Å². The molecule has 26 heteroatoms. The molecule has 0 unspecified atom stereocenters. The van der Waals surface area contributed by atoms with Gasteiger partial charge in [0.25, 0.3) is 11.8 Å². The predicted octanol–water partition coefficient (Wildman–Crippen LogP) is 12.6. The van der Waals surface area contributed by atoms with Crippen molar-refractivity contribution < 1.29 is 52.8 Å². The van der Waals surface area contributed by atoms with Crippen LogP contribution >= 0.6 is 35.3 Å². The second kappa shape index (κ2) is 31.1. The highest BCUT2D eigenvalue weighted by Gasteiger charge is 2.22. The Labute approximate surface area is 546 Å². The Hall–Kier alpha value is -10.0. The molecule has 9 N–H and O–H groups in total. The average molecular weight is 1310 g/mol. The van der Waals surface area contributed by atoms with Gasteiger partial charge in [-0.05, 0) is 156 Å². The van der Waals surface area contributed by atoms with Crippen molar-refractivity contribution in [1.82, 2.24) is 33.9 Å². The summed E-state index contributed by atoms with van der Waals surface area (Å²) < 4.78 is 31.9. The minimum absolute atomic E-state index is 0.0579. The van der Waals surface area contributed by atoms with E-state index >= 15 is 0 Å². The summed E-state index contributed by atoms with van der Waals surface area (Å²) in [6.07, 6.45) is 3.97. The molecule has 6 aromatic carbocycles. The zero-order valence-electron chi connectivity index (χ0n) is 53.1. The van der Waals surface area contributed by atoms with Crippen LogP contribution in [0, 0.1) is 0 Å². The highest BCUT2D eigenvalue weighted by molar-refractivity contribution is 7.80. The van der Waals surface area contributed by atoms with Crippen LogP contribution in [-0.2, 0) is 33.9 Å². The summed E-state index contributed by atoms with van der Waals surface area (Å²) in [6, 6.07) is 39.2. The molecule has 0 radical (unpaired) electrons. The second-order valence-corrected chi connectivity index (χ2v) is 25.1. The highest BCUT2D eigenvalue weighted by Crippen LogP contribution is 2.32. The summed E-state index contributed by atoms with van der Waals surface area (Å²) >= 11 is 7.30. The Kier molecular flexibility index (Phi) is 23.5. The molecule has 0 saturated heterocycles. The summed E-state index contributed by atoms with van der Waals surface area (Å²) in [5, 5.41) is 20.6. The SMILES string of the molecule is CN(Cc1cccc(N)c1)C(=O)OC(C)(C)C.CNCc1cccc(NC(=O)/C(N)=C/Nc2ccc(OC)cc2S)c1.COc1ccc2c(c1)sc1nc(C(=O)Nc3cccc(CN(C)C(=O)OC(C)(C)C)c3)cn12.COc1ccc2c(c1)sc1nc(C(=O)O)cn12. The van der Waals surface area contributed by atoms with Crippen LogP contribution in [0.15, 0.2) is 157 Å². The summed E-state index contributed by atoms with van der Waals surface area (Å²) in [7, 11) is 10.1. The Morgan fingerprint density at radius 2 is 1.10 bits per heavy atom. The topological polar surface area (TPSA) is 293 Å². The van der Waals surface area contributed by atoms with Gasteiger partial charge in [0.05, 0.1) is 47.5 Å². The number of amides is 4. The number of ether oxygens (including phenoxy) is 5. The molecule has 0 bridgehead atoms. The first-order valence-electron chi connectivity index (χ1n) is 28.5. The molecule has 0 saturated carbocycles. The number of carboxylic acid groups (broad SMARTS) is 1. The molecule has 484 valence electrons. The van der Waals surface area contributed by atoms with E-state index in [-0.39, 0.29) is 29.3 Å². The number of benzene rings is 6. The van der Waals surface area contributed by atoms with Gasteiger partial charge in [-0.2, -0.15) is 0 Å². The number of anilines is 4. The number of hydrogen-bond donors (Lipinski definition) is 8. The predicted molar refractivity (Wildman–Crippen MR) is 366 cm³/mol. The lowest BCUT2D eigenvalue weighted by atomic mass is 10.2. The number of nitrogens with one attached hydrogen (secondary N) is 4. The van der Waals surface area contributed by atoms with E-state index in [0.717, 1.165) is 65.8 Å². The lowest BCUT2D eigenvalue weighted by Gasteiger charge is -2.24. The third kappa shape index (κ3) is 19.7. The van der Waals surface area contributed by atoms with Crippen LogP contribution < -0.4 is 46.9 Å². The molecule has 0 aliphatic carbocycles. The normalized spacial score (nSPS) is 11.2. The number of thiol groups is 1. The zero-order chi connectivity index (χ0) is 67.0. The van der Waals surface area contributed by atoms with E-state index in [1.54, 1.807) is 70.3 Å². The van der Waals surface area contributed by atoms with E-state index in [2.05, 4.69) is 43.9 Å². The van der Waals surface area contributed by atoms with Gasteiger partial charge in [0.15, 0.2) is 15.6 Å². The van der Waals surface area contributed by atoms with Crippen LogP contribution in [0.25, 0.3) is 30.4 Å². The average Bonchev–Trinajstić information content (AvgIpc) is 1.63. The van der Waals surface area contributed by atoms with E-state index in [9.17, 15) is 24.0 Å². The molecule has 10 aromatic rings. The minimum atomic E-state index is -1.01. The molecule has 4 amide bonds. The first kappa shape index (κ1) is 69.5. The fraction of sp³-hybridized carbons (Fsp3) is 0.258. The van der Waals surface area contributed by atoms with Gasteiger partial charge in [-0.1, -0.05) is 59.1 Å². The highest BCUT2D eigenvalue weighted by atomic mass is 32.1. The Bertz CT molecular complexity index is 4280. The van der Waals surface area contributed by atoms with Crippen LogP contribution in [0.1, 0.15) is 79.2 Å². The van der Waals surface area contributed by atoms with Crippen molar-refractivity contribution in [3.05, 3.63) is 180 Å². The second-order valence-electron chi connectivity index (χ2n) is 22.6. The monoisotopic (exact) mass is 1310 g/mol. The van der Waals surface area contributed by atoms with Crippen molar-refractivity contribution in [3.8, 4) is 17.2 Å². The first-order chi connectivity index (χ1) is 43.6. The number of nitrogens with two attached hydrogens (primary N) is 2. The molecule has 0 atom stereocenters. The van der Waals surface area contributed by atoms with Crippen molar-refractivity contribution in [2.45, 2.75) is 77.3 Å². The van der Waals surface area contributed by atoms with Crippen molar-refractivity contribution in [1.29, 1.82) is 0 Å². The third-order valence-corrected chi connectivity index (χ3v) is 15.3. The number of hydrogen-bond acceptors (Lipinski definition) is 19. The van der Waals surface area contributed by atoms with Crippen LogP contribution in [0.5, 0.6) is 17.2 Å². The first-order valence-corrected chi connectivity index (χ1v) is 30.6. The molecular formula is C66H76N12O11S3. The number of thiazole rings is 2.